The number of halogens is 1. The fourth-order valence-electron chi connectivity index (χ4n) is 3.62. The van der Waals surface area contributed by atoms with Crippen molar-refractivity contribution in [1.29, 1.82) is 0 Å². The summed E-state index contributed by atoms with van der Waals surface area (Å²) >= 11 is 5.90. The molecule has 7 nitrogen and oxygen atoms in total. The fraction of sp³-hybridized carbons (Fsp3) is 0.348. The highest BCUT2D eigenvalue weighted by atomic mass is 35.5. The molecule has 164 valence electrons. The number of rotatable bonds is 5. The smallest absolute Gasteiger partial charge is 0.266 e. The lowest BCUT2D eigenvalue weighted by atomic mass is 10.1. The first kappa shape index (κ1) is 22.6. The third-order valence-electron chi connectivity index (χ3n) is 5.05. The number of fused-ring (bicyclic) bond motifs is 1. The Labute approximate surface area is 186 Å². The Morgan fingerprint density at radius 2 is 1.84 bits per heavy atom. The molecule has 1 aliphatic heterocycles. The van der Waals surface area contributed by atoms with Crippen LogP contribution in [0.15, 0.2) is 48.5 Å². The maximum atomic E-state index is 13.2. The summed E-state index contributed by atoms with van der Waals surface area (Å²) in [6, 6.07) is 13.5. The molecular weight excluding hydrogens is 418 g/mol. The number of carbonyl (C=O) groups is 3. The van der Waals surface area contributed by atoms with Gasteiger partial charge >= 0.3 is 0 Å². The van der Waals surface area contributed by atoms with E-state index in [4.69, 9.17) is 16.3 Å². The van der Waals surface area contributed by atoms with Crippen LogP contribution in [-0.2, 0) is 14.4 Å². The molecule has 3 amide bonds. The van der Waals surface area contributed by atoms with E-state index < -0.39 is 5.60 Å². The Kier molecular flexibility index (Phi) is 6.55. The predicted molar refractivity (Wildman–Crippen MR) is 120 cm³/mol. The molecule has 0 aliphatic carbocycles. The zero-order valence-corrected chi connectivity index (χ0v) is 18.8. The second-order valence-electron chi connectivity index (χ2n) is 8.11. The second-order valence-corrected chi connectivity index (χ2v) is 8.55. The fourth-order valence-corrected chi connectivity index (χ4v) is 3.75. The summed E-state index contributed by atoms with van der Waals surface area (Å²) in [6.45, 7) is 4.96. The van der Waals surface area contributed by atoms with Crippen LogP contribution in [0.2, 0.25) is 5.02 Å². The monoisotopic (exact) mass is 443 g/mol. The molecule has 0 aromatic heterocycles. The number of ether oxygens (including phenoxy) is 1. The van der Waals surface area contributed by atoms with Gasteiger partial charge in [-0.15, -0.1) is 0 Å². The minimum Gasteiger partial charge on any atom is -0.478 e. The first-order chi connectivity index (χ1) is 14.6. The van der Waals surface area contributed by atoms with Gasteiger partial charge in [0.15, 0.2) is 5.60 Å². The van der Waals surface area contributed by atoms with Gasteiger partial charge in [-0.1, -0.05) is 23.7 Å². The molecule has 1 N–H and O–H groups in total. The molecule has 0 fully saturated rings. The summed E-state index contributed by atoms with van der Waals surface area (Å²) in [5, 5.41) is 3.39. The molecule has 0 radical (unpaired) electrons. The van der Waals surface area contributed by atoms with Gasteiger partial charge in [0.05, 0.1) is 17.9 Å². The van der Waals surface area contributed by atoms with E-state index in [1.54, 1.807) is 74.3 Å². The van der Waals surface area contributed by atoms with Crippen LogP contribution in [0.25, 0.3) is 0 Å². The summed E-state index contributed by atoms with van der Waals surface area (Å²) in [7, 11) is 1.56. The minimum atomic E-state index is -1.19. The number of nitrogens with one attached hydrogen (secondary N) is 1. The van der Waals surface area contributed by atoms with Crippen LogP contribution in [0.1, 0.15) is 27.2 Å². The van der Waals surface area contributed by atoms with Crippen LogP contribution in [0.5, 0.6) is 5.75 Å². The van der Waals surface area contributed by atoms with Gasteiger partial charge in [0.1, 0.15) is 5.75 Å². The summed E-state index contributed by atoms with van der Waals surface area (Å²) in [5.74, 6) is -0.283. The van der Waals surface area contributed by atoms with Crippen LogP contribution in [0, 0.1) is 0 Å². The first-order valence-corrected chi connectivity index (χ1v) is 10.4. The van der Waals surface area contributed by atoms with Crippen molar-refractivity contribution in [3.05, 3.63) is 53.6 Å². The molecule has 8 heteroatoms. The SMILES string of the molecule is C[C@@H]1CC(=O)Nc2ccccc2N1C(=O)CN(C)C(=O)C(C)(C)Oc1ccc(Cl)cc1. The Balaban J connectivity index is 1.75. The molecule has 0 saturated carbocycles. The molecular formula is C23H26ClN3O4. The average molecular weight is 444 g/mol. The molecule has 31 heavy (non-hydrogen) atoms. The van der Waals surface area contributed by atoms with Crippen LogP contribution < -0.4 is 15.0 Å². The first-order valence-electron chi connectivity index (χ1n) is 9.99. The van der Waals surface area contributed by atoms with Crippen molar-refractivity contribution in [2.75, 3.05) is 23.8 Å². The van der Waals surface area contributed by atoms with E-state index in [1.807, 2.05) is 6.92 Å². The number of hydrogen-bond acceptors (Lipinski definition) is 4. The number of anilines is 2. The number of nitrogens with zero attached hydrogens (tertiary/aromatic N) is 2. The molecule has 2 aromatic rings. The molecule has 0 spiro atoms. The van der Waals surface area contributed by atoms with Gasteiger partial charge in [0.2, 0.25) is 11.8 Å². The largest absolute Gasteiger partial charge is 0.478 e. The number of para-hydroxylation sites is 2. The molecule has 1 heterocycles. The van der Waals surface area contributed by atoms with E-state index in [9.17, 15) is 14.4 Å². The lowest BCUT2D eigenvalue weighted by Crippen LogP contribution is -2.51. The van der Waals surface area contributed by atoms with Gasteiger partial charge in [0.25, 0.3) is 5.91 Å². The van der Waals surface area contributed by atoms with Crippen molar-refractivity contribution in [1.82, 2.24) is 4.90 Å². The summed E-state index contributed by atoms with van der Waals surface area (Å²) in [4.78, 5) is 41.3. The van der Waals surface area contributed by atoms with Crippen LogP contribution in [0.4, 0.5) is 11.4 Å². The van der Waals surface area contributed by atoms with Gasteiger partial charge in [-0.3, -0.25) is 14.4 Å². The van der Waals surface area contributed by atoms with Gasteiger partial charge in [0, 0.05) is 24.5 Å². The van der Waals surface area contributed by atoms with Crippen LogP contribution >= 0.6 is 11.6 Å². The van der Waals surface area contributed by atoms with Crippen molar-refractivity contribution >= 4 is 40.7 Å². The highest BCUT2D eigenvalue weighted by Crippen LogP contribution is 2.31. The minimum absolute atomic E-state index is 0.154. The van der Waals surface area contributed by atoms with Crippen molar-refractivity contribution in [2.45, 2.75) is 38.8 Å². The van der Waals surface area contributed by atoms with Crippen LogP contribution in [-0.4, -0.2) is 47.9 Å². The standard InChI is InChI=1S/C23H26ClN3O4/c1-15-13-20(28)25-18-7-5-6-8-19(18)27(15)21(29)14-26(4)22(30)23(2,3)31-17-11-9-16(24)10-12-17/h5-12,15H,13-14H2,1-4H3,(H,25,28)/t15-/m1/s1. The zero-order valence-electron chi connectivity index (χ0n) is 18.0. The third-order valence-corrected chi connectivity index (χ3v) is 5.30. The summed E-state index contributed by atoms with van der Waals surface area (Å²) in [6.07, 6.45) is 0.170. The van der Waals surface area contributed by atoms with Crippen molar-refractivity contribution < 1.29 is 19.1 Å². The molecule has 0 saturated heterocycles. The van der Waals surface area contributed by atoms with Gasteiger partial charge in [-0.25, -0.2) is 0 Å². The lowest BCUT2D eigenvalue weighted by Gasteiger charge is -2.33. The Morgan fingerprint density at radius 3 is 2.52 bits per heavy atom. The van der Waals surface area contributed by atoms with E-state index in [0.717, 1.165) is 0 Å². The predicted octanol–water partition coefficient (Wildman–Crippen LogP) is 3.72. The van der Waals surface area contributed by atoms with E-state index in [0.29, 0.717) is 22.1 Å². The van der Waals surface area contributed by atoms with E-state index in [-0.39, 0.29) is 36.7 Å². The quantitative estimate of drug-likeness (QED) is 0.763. The molecule has 3 rings (SSSR count). The van der Waals surface area contributed by atoms with Crippen molar-refractivity contribution in [3.63, 3.8) is 0 Å². The topological polar surface area (TPSA) is 79.0 Å². The maximum Gasteiger partial charge on any atom is 0.266 e. The number of amides is 3. The van der Waals surface area contributed by atoms with Gasteiger partial charge < -0.3 is 19.9 Å². The molecule has 2 aromatic carbocycles. The van der Waals surface area contributed by atoms with E-state index in [1.165, 1.54) is 4.90 Å². The van der Waals surface area contributed by atoms with Crippen molar-refractivity contribution in [3.8, 4) is 5.75 Å². The van der Waals surface area contributed by atoms with Gasteiger partial charge in [-0.05, 0) is 57.2 Å². The normalized spacial score (nSPS) is 16.1. The Bertz CT molecular complexity index is 991. The summed E-state index contributed by atoms with van der Waals surface area (Å²) < 4.78 is 5.85. The van der Waals surface area contributed by atoms with Gasteiger partial charge in [-0.2, -0.15) is 0 Å². The molecule has 1 atom stereocenters. The number of carbonyl (C=O) groups excluding carboxylic acids is 3. The number of likely N-dealkylation sites (N-methyl/N-ethyl adjacent to an activating group) is 1. The summed E-state index contributed by atoms with van der Waals surface area (Å²) in [5.41, 5.74) is -0.00293. The molecule has 1 aliphatic rings. The average Bonchev–Trinajstić information content (AvgIpc) is 2.82. The van der Waals surface area contributed by atoms with Crippen LogP contribution in [0.3, 0.4) is 0 Å². The van der Waals surface area contributed by atoms with E-state index >= 15 is 0 Å². The van der Waals surface area contributed by atoms with Crippen molar-refractivity contribution in [2.24, 2.45) is 0 Å². The highest BCUT2D eigenvalue weighted by Gasteiger charge is 2.36. The second kappa shape index (κ2) is 8.98. The lowest BCUT2D eigenvalue weighted by molar-refractivity contribution is -0.146. The number of benzene rings is 2. The molecule has 0 unspecified atom stereocenters. The number of hydrogen-bond donors (Lipinski definition) is 1. The molecule has 0 bridgehead atoms. The highest BCUT2D eigenvalue weighted by molar-refractivity contribution is 6.30. The Hall–Kier alpha value is -3.06. The maximum absolute atomic E-state index is 13.2. The zero-order chi connectivity index (χ0) is 22.8. The van der Waals surface area contributed by atoms with E-state index in [2.05, 4.69) is 5.32 Å². The Morgan fingerprint density at radius 1 is 1.19 bits per heavy atom. The third kappa shape index (κ3) is 5.17.